The maximum absolute atomic E-state index is 12.5. The Morgan fingerprint density at radius 3 is 2.32 bits per heavy atom. The monoisotopic (exact) mass is 304 g/mol. The Balaban J connectivity index is 2.43. The van der Waals surface area contributed by atoms with Crippen molar-refractivity contribution in [2.75, 3.05) is 13.6 Å². The van der Waals surface area contributed by atoms with E-state index in [0.717, 1.165) is 0 Å². The van der Waals surface area contributed by atoms with Gasteiger partial charge in [-0.15, -0.1) is 0 Å². The minimum atomic E-state index is -1.29. The Labute approximate surface area is 126 Å². The van der Waals surface area contributed by atoms with Crippen molar-refractivity contribution in [3.8, 4) is 0 Å². The van der Waals surface area contributed by atoms with Gasteiger partial charge in [0.2, 0.25) is 0 Å². The number of likely N-dealkylation sites (N-methyl/N-ethyl adjacent to an activating group) is 1. The van der Waals surface area contributed by atoms with Crippen LogP contribution in [0.15, 0.2) is 24.3 Å². The zero-order valence-electron chi connectivity index (χ0n) is 12.2. The number of urea groups is 1. The third-order valence-corrected chi connectivity index (χ3v) is 3.90. The normalized spacial score (nSPS) is 21.4. The number of carbonyl (C=O) groups is 3. The van der Waals surface area contributed by atoms with Crippen molar-refractivity contribution in [2.24, 2.45) is 5.73 Å². The van der Waals surface area contributed by atoms with E-state index < -0.39 is 30.0 Å². The number of hydrogen-bond donors (Lipinski definition) is 3. The molecule has 1 unspecified atom stereocenters. The number of benzene rings is 1. The molecule has 4 N–H and O–H groups in total. The van der Waals surface area contributed by atoms with E-state index >= 15 is 0 Å². The van der Waals surface area contributed by atoms with Crippen molar-refractivity contribution >= 4 is 23.7 Å². The lowest BCUT2D eigenvalue weighted by molar-refractivity contribution is -0.143. The van der Waals surface area contributed by atoms with Crippen LogP contribution in [-0.4, -0.2) is 52.2 Å². The number of nitrogens with two attached hydrogens (primary N) is 1. The molecule has 1 fully saturated rings. The zero-order chi connectivity index (χ0) is 16.7. The van der Waals surface area contributed by atoms with E-state index in [2.05, 4.69) is 0 Å². The molecule has 1 heterocycles. The molecule has 0 aromatic heterocycles. The minimum absolute atomic E-state index is 0.105. The van der Waals surface area contributed by atoms with Crippen LogP contribution in [0.3, 0.4) is 0 Å². The maximum Gasteiger partial charge on any atom is 0.328 e. The topological polar surface area (TPSA) is 128 Å². The summed E-state index contributed by atoms with van der Waals surface area (Å²) in [6.45, 7) is 0.876. The standard InChI is InChI=1S/C14H16N4O4/c1-14(9-5-3-8(4-6-9)11(15)16)12(21)18(7-10(19)20)13(22)17(14)2/h3-6H,7H2,1-2H3,(H3,15,16)(H,19,20). The van der Waals surface area contributed by atoms with Crippen LogP contribution >= 0.6 is 0 Å². The molecular weight excluding hydrogens is 288 g/mol. The first-order valence-electron chi connectivity index (χ1n) is 6.46. The van der Waals surface area contributed by atoms with Gasteiger partial charge in [0.15, 0.2) is 0 Å². The highest BCUT2D eigenvalue weighted by Crippen LogP contribution is 2.35. The van der Waals surface area contributed by atoms with E-state index in [1.807, 2.05) is 0 Å². The molecular formula is C14H16N4O4. The molecule has 8 nitrogen and oxygen atoms in total. The summed E-state index contributed by atoms with van der Waals surface area (Å²) in [5.74, 6) is -1.96. The highest BCUT2D eigenvalue weighted by Gasteiger charge is 2.53. The van der Waals surface area contributed by atoms with Crippen molar-refractivity contribution in [1.82, 2.24) is 9.80 Å². The highest BCUT2D eigenvalue weighted by atomic mass is 16.4. The lowest BCUT2D eigenvalue weighted by Gasteiger charge is -2.29. The Bertz CT molecular complexity index is 670. The number of carboxylic acids is 1. The maximum atomic E-state index is 12.5. The van der Waals surface area contributed by atoms with Gasteiger partial charge in [0.25, 0.3) is 5.91 Å². The van der Waals surface area contributed by atoms with Crippen LogP contribution in [-0.2, 0) is 15.1 Å². The lowest BCUT2D eigenvalue weighted by atomic mass is 9.90. The van der Waals surface area contributed by atoms with E-state index in [-0.39, 0.29) is 5.84 Å². The summed E-state index contributed by atoms with van der Waals surface area (Å²) in [5, 5.41) is 16.2. The summed E-state index contributed by atoms with van der Waals surface area (Å²) in [6, 6.07) is 5.69. The molecule has 2 rings (SSSR count). The fourth-order valence-electron chi connectivity index (χ4n) is 2.43. The van der Waals surface area contributed by atoms with Crippen LogP contribution in [0.25, 0.3) is 0 Å². The number of rotatable bonds is 4. The predicted molar refractivity (Wildman–Crippen MR) is 77.3 cm³/mol. The highest BCUT2D eigenvalue weighted by molar-refractivity contribution is 6.08. The van der Waals surface area contributed by atoms with Gasteiger partial charge in [-0.1, -0.05) is 24.3 Å². The van der Waals surface area contributed by atoms with Gasteiger partial charge in [-0.3, -0.25) is 19.9 Å². The molecule has 116 valence electrons. The summed E-state index contributed by atoms with van der Waals surface area (Å²) < 4.78 is 0. The third kappa shape index (κ3) is 2.18. The molecule has 8 heteroatoms. The molecule has 0 saturated carbocycles. The molecule has 22 heavy (non-hydrogen) atoms. The van der Waals surface area contributed by atoms with Crippen LogP contribution in [0, 0.1) is 5.41 Å². The molecule has 0 bridgehead atoms. The second-order valence-corrected chi connectivity index (χ2v) is 5.19. The van der Waals surface area contributed by atoms with Gasteiger partial charge in [0.05, 0.1) is 0 Å². The van der Waals surface area contributed by atoms with E-state index in [1.165, 1.54) is 11.9 Å². The fraction of sp³-hybridized carbons (Fsp3) is 0.286. The van der Waals surface area contributed by atoms with Crippen molar-refractivity contribution in [2.45, 2.75) is 12.5 Å². The fourth-order valence-corrected chi connectivity index (χ4v) is 2.43. The predicted octanol–water partition coefficient (Wildman–Crippen LogP) is 0.164. The first-order chi connectivity index (χ1) is 10.2. The number of imide groups is 1. The number of carboxylic acid groups (broad SMARTS) is 1. The number of carbonyl (C=O) groups excluding carboxylic acids is 2. The first-order valence-corrected chi connectivity index (χ1v) is 6.46. The Kier molecular flexibility index (Phi) is 3.62. The number of hydrogen-bond acceptors (Lipinski definition) is 4. The Morgan fingerprint density at radius 2 is 1.86 bits per heavy atom. The second-order valence-electron chi connectivity index (χ2n) is 5.19. The number of nitrogens with one attached hydrogen (secondary N) is 1. The second kappa shape index (κ2) is 5.14. The van der Waals surface area contributed by atoms with Crippen molar-refractivity contribution in [3.63, 3.8) is 0 Å². The van der Waals surface area contributed by atoms with Crippen LogP contribution in [0.1, 0.15) is 18.1 Å². The molecule has 1 aliphatic heterocycles. The number of nitrogens with zero attached hydrogens (tertiary/aromatic N) is 2. The molecule has 1 aliphatic rings. The van der Waals surface area contributed by atoms with Crippen molar-refractivity contribution < 1.29 is 19.5 Å². The van der Waals surface area contributed by atoms with Crippen molar-refractivity contribution in [3.05, 3.63) is 35.4 Å². The number of nitrogen functional groups attached to an aromatic ring is 1. The van der Waals surface area contributed by atoms with E-state index in [9.17, 15) is 14.4 Å². The van der Waals surface area contributed by atoms with Gasteiger partial charge < -0.3 is 15.7 Å². The van der Waals surface area contributed by atoms with Gasteiger partial charge in [0, 0.05) is 12.6 Å². The van der Waals surface area contributed by atoms with Gasteiger partial charge in [0.1, 0.15) is 17.9 Å². The molecule has 1 atom stereocenters. The molecule has 1 saturated heterocycles. The van der Waals surface area contributed by atoms with Crippen molar-refractivity contribution in [1.29, 1.82) is 5.41 Å². The summed E-state index contributed by atoms with van der Waals surface area (Å²) in [5.41, 5.74) is 5.11. The Hall–Kier alpha value is -2.90. The zero-order valence-corrected chi connectivity index (χ0v) is 12.2. The molecule has 0 aliphatic carbocycles. The minimum Gasteiger partial charge on any atom is -0.480 e. The number of aliphatic carboxylic acids is 1. The lowest BCUT2D eigenvalue weighted by Crippen LogP contribution is -2.42. The van der Waals surface area contributed by atoms with Gasteiger partial charge in [-0.25, -0.2) is 4.79 Å². The number of amidine groups is 1. The van der Waals surface area contributed by atoms with Crippen LogP contribution in [0.2, 0.25) is 0 Å². The average Bonchev–Trinajstić information content (AvgIpc) is 2.63. The Morgan fingerprint density at radius 1 is 1.32 bits per heavy atom. The van der Waals surface area contributed by atoms with E-state index in [1.54, 1.807) is 31.2 Å². The summed E-state index contributed by atoms with van der Waals surface area (Å²) >= 11 is 0. The van der Waals surface area contributed by atoms with Crippen LogP contribution in [0.5, 0.6) is 0 Å². The van der Waals surface area contributed by atoms with Gasteiger partial charge in [-0.2, -0.15) is 0 Å². The average molecular weight is 304 g/mol. The molecule has 1 aromatic rings. The molecule has 1 aromatic carbocycles. The largest absolute Gasteiger partial charge is 0.480 e. The molecule has 0 radical (unpaired) electrons. The van der Waals surface area contributed by atoms with Gasteiger partial charge in [-0.05, 0) is 12.5 Å². The van der Waals surface area contributed by atoms with E-state index in [4.69, 9.17) is 16.2 Å². The first kappa shape index (κ1) is 15.5. The molecule has 3 amide bonds. The quantitative estimate of drug-likeness (QED) is 0.415. The summed E-state index contributed by atoms with van der Waals surface area (Å²) in [4.78, 5) is 37.4. The number of amides is 3. The summed E-state index contributed by atoms with van der Waals surface area (Å²) in [6.07, 6.45) is 0. The molecule has 0 spiro atoms. The third-order valence-electron chi connectivity index (χ3n) is 3.90. The van der Waals surface area contributed by atoms with Crippen LogP contribution < -0.4 is 5.73 Å². The van der Waals surface area contributed by atoms with Crippen LogP contribution in [0.4, 0.5) is 4.79 Å². The van der Waals surface area contributed by atoms with E-state index in [0.29, 0.717) is 16.0 Å². The van der Waals surface area contributed by atoms with Gasteiger partial charge >= 0.3 is 12.0 Å². The summed E-state index contributed by atoms with van der Waals surface area (Å²) in [7, 11) is 1.45. The smallest absolute Gasteiger partial charge is 0.328 e. The SMILES string of the molecule is CN1C(=O)N(CC(=O)O)C(=O)C1(C)c1ccc(C(=N)N)cc1.